The minimum Gasteiger partial charge on any atom is -0.461 e. The third-order valence-corrected chi connectivity index (χ3v) is 6.74. The number of carbonyl (C=O) groups is 2. The molecule has 0 aliphatic carbocycles. The van der Waals surface area contributed by atoms with Gasteiger partial charge in [-0.25, -0.2) is 0 Å². The topological polar surface area (TPSA) is 104 Å². The zero-order valence-electron chi connectivity index (χ0n) is 19.0. The van der Waals surface area contributed by atoms with Crippen LogP contribution < -0.4 is 0 Å². The maximum Gasteiger partial charge on any atom is 0.311 e. The van der Waals surface area contributed by atoms with Gasteiger partial charge in [-0.3, -0.25) is 9.59 Å². The maximum atomic E-state index is 13.0. The molecule has 6 heteroatoms. The second-order valence-electron chi connectivity index (χ2n) is 9.08. The molecule has 10 atom stereocenters. The molecule has 0 aromatic heterocycles. The lowest BCUT2D eigenvalue weighted by Crippen LogP contribution is -2.45. The molecule has 3 N–H and O–H groups in total. The quantitative estimate of drug-likeness (QED) is 0.474. The zero-order chi connectivity index (χ0) is 23.2. The van der Waals surface area contributed by atoms with Crippen molar-refractivity contribution in [3.63, 3.8) is 0 Å². The van der Waals surface area contributed by atoms with Crippen molar-refractivity contribution in [2.75, 3.05) is 0 Å². The van der Waals surface area contributed by atoms with Crippen LogP contribution in [0.3, 0.4) is 0 Å². The molecule has 1 fully saturated rings. The average molecular weight is 425 g/mol. The van der Waals surface area contributed by atoms with Crippen molar-refractivity contribution in [2.45, 2.75) is 78.3 Å². The summed E-state index contributed by atoms with van der Waals surface area (Å²) in [6, 6.07) is 0. The predicted octanol–water partition coefficient (Wildman–Crippen LogP) is 2.90. The number of allylic oxidation sites excluding steroid dienone is 1. The van der Waals surface area contributed by atoms with Gasteiger partial charge in [0.25, 0.3) is 0 Å². The molecule has 1 rings (SSSR count). The Morgan fingerprint density at radius 3 is 2.10 bits per heavy atom. The summed E-state index contributed by atoms with van der Waals surface area (Å²) in [5.74, 6) is -4.09. The molecule has 0 aromatic carbocycles. The highest BCUT2D eigenvalue weighted by Gasteiger charge is 2.40. The van der Waals surface area contributed by atoms with E-state index in [1.54, 1.807) is 33.8 Å². The Hall–Kier alpha value is -1.50. The number of ketones is 1. The molecule has 6 nitrogen and oxygen atoms in total. The molecule has 0 spiro atoms. The number of rotatable bonds is 4. The van der Waals surface area contributed by atoms with E-state index in [1.807, 2.05) is 6.92 Å². The van der Waals surface area contributed by atoms with Crippen molar-refractivity contribution < 1.29 is 29.6 Å². The molecule has 172 valence electrons. The van der Waals surface area contributed by atoms with Gasteiger partial charge in [-0.2, -0.15) is 0 Å². The smallest absolute Gasteiger partial charge is 0.311 e. The molecule has 1 aliphatic heterocycles. The summed E-state index contributed by atoms with van der Waals surface area (Å²) < 4.78 is 5.70. The van der Waals surface area contributed by atoms with Gasteiger partial charge >= 0.3 is 5.97 Å². The van der Waals surface area contributed by atoms with Gasteiger partial charge in [0.2, 0.25) is 0 Å². The molecule has 0 bridgehead atoms. The number of Topliss-reactive ketones (excluding diaryl/α,β-unsaturated/α-hetero) is 1. The van der Waals surface area contributed by atoms with Crippen LogP contribution in [0.25, 0.3) is 0 Å². The van der Waals surface area contributed by atoms with Gasteiger partial charge in [-0.1, -0.05) is 39.8 Å². The molecule has 30 heavy (non-hydrogen) atoms. The van der Waals surface area contributed by atoms with E-state index >= 15 is 0 Å². The fourth-order valence-corrected chi connectivity index (χ4v) is 4.46. The molecule has 1 aliphatic rings. The number of carbonyl (C=O) groups excluding carboxylic acids is 2. The van der Waals surface area contributed by atoms with Crippen LogP contribution in [0, 0.1) is 35.5 Å². The Bertz CT molecular complexity index is 603. The first-order chi connectivity index (χ1) is 14.0. The number of esters is 1. The van der Waals surface area contributed by atoms with Crippen molar-refractivity contribution in [1.29, 1.82) is 0 Å². The van der Waals surface area contributed by atoms with Crippen molar-refractivity contribution in [3.8, 4) is 0 Å². The van der Waals surface area contributed by atoms with E-state index in [0.29, 0.717) is 19.3 Å². The Labute approximate surface area is 181 Å². The summed E-state index contributed by atoms with van der Waals surface area (Å²) in [7, 11) is 0. The van der Waals surface area contributed by atoms with Crippen LogP contribution in [0.2, 0.25) is 0 Å². The van der Waals surface area contributed by atoms with E-state index in [9.17, 15) is 24.9 Å². The summed E-state index contributed by atoms with van der Waals surface area (Å²) in [4.78, 5) is 25.8. The van der Waals surface area contributed by atoms with E-state index in [4.69, 9.17) is 4.74 Å². The molecule has 10 unspecified atom stereocenters. The van der Waals surface area contributed by atoms with Crippen LogP contribution in [-0.2, 0) is 14.3 Å². The Morgan fingerprint density at radius 2 is 1.57 bits per heavy atom. The SMILES string of the molecule is C=CCCC1OC(=O)C(C)C(O)C(C)C(O)C(C)CC(C)C(=O)C(C)C(O)C1C=C. The van der Waals surface area contributed by atoms with Gasteiger partial charge in [0.15, 0.2) is 0 Å². The first-order valence-corrected chi connectivity index (χ1v) is 11.0. The minimum absolute atomic E-state index is 0.110. The van der Waals surface area contributed by atoms with Gasteiger partial charge in [-0.15, -0.1) is 13.2 Å². The molecule has 0 aromatic rings. The fourth-order valence-electron chi connectivity index (χ4n) is 4.46. The van der Waals surface area contributed by atoms with Gasteiger partial charge in [0.05, 0.1) is 24.2 Å². The van der Waals surface area contributed by atoms with Crippen LogP contribution in [0.1, 0.15) is 53.9 Å². The third kappa shape index (κ3) is 6.25. The van der Waals surface area contributed by atoms with Crippen LogP contribution in [0.15, 0.2) is 25.3 Å². The molecular formula is C24H40O6. The van der Waals surface area contributed by atoms with Gasteiger partial charge in [0.1, 0.15) is 11.9 Å². The van der Waals surface area contributed by atoms with Gasteiger partial charge in [0, 0.05) is 23.7 Å². The standard InChI is InChI=1S/C24H40O6/c1-8-10-11-19-18(9-2)23(28)16(6)21(26)14(4)12-13(3)20(25)15(5)22(27)17(7)24(29)30-19/h8-9,13-20,22-23,25,27-28H,1-2,10-12H2,3-7H3. The highest BCUT2D eigenvalue weighted by molar-refractivity contribution is 5.83. The lowest BCUT2D eigenvalue weighted by Gasteiger charge is -2.36. The Balaban J connectivity index is 3.35. The van der Waals surface area contributed by atoms with Crippen molar-refractivity contribution in [1.82, 2.24) is 0 Å². The Kier molecular flexibility index (Phi) is 10.4. The summed E-state index contributed by atoms with van der Waals surface area (Å²) >= 11 is 0. The number of aliphatic hydroxyl groups excluding tert-OH is 3. The van der Waals surface area contributed by atoms with Gasteiger partial charge < -0.3 is 20.1 Å². The molecular weight excluding hydrogens is 384 g/mol. The summed E-state index contributed by atoms with van der Waals surface area (Å²) in [6.07, 6.45) is 0.858. The van der Waals surface area contributed by atoms with Crippen LogP contribution in [-0.4, -0.2) is 51.5 Å². The molecule has 0 saturated carbocycles. The van der Waals surface area contributed by atoms with E-state index in [0.717, 1.165) is 0 Å². The first kappa shape index (κ1) is 26.5. The minimum atomic E-state index is -1.10. The normalized spacial score (nSPS) is 42.1. The van der Waals surface area contributed by atoms with Crippen LogP contribution >= 0.6 is 0 Å². The van der Waals surface area contributed by atoms with Crippen molar-refractivity contribution in [3.05, 3.63) is 25.3 Å². The van der Waals surface area contributed by atoms with Crippen molar-refractivity contribution in [2.24, 2.45) is 35.5 Å². The summed E-state index contributed by atoms with van der Waals surface area (Å²) in [5, 5.41) is 32.4. The molecule has 0 amide bonds. The van der Waals surface area contributed by atoms with E-state index in [-0.39, 0.29) is 17.6 Å². The highest BCUT2D eigenvalue weighted by atomic mass is 16.5. The third-order valence-electron chi connectivity index (χ3n) is 6.74. The van der Waals surface area contributed by atoms with E-state index in [1.165, 1.54) is 6.08 Å². The lowest BCUT2D eigenvalue weighted by atomic mass is 9.76. The lowest BCUT2D eigenvalue weighted by molar-refractivity contribution is -0.165. The second kappa shape index (κ2) is 11.8. The highest BCUT2D eigenvalue weighted by Crippen LogP contribution is 2.31. The Morgan fingerprint density at radius 1 is 0.967 bits per heavy atom. The monoisotopic (exact) mass is 424 g/mol. The van der Waals surface area contributed by atoms with Crippen LogP contribution in [0.4, 0.5) is 0 Å². The maximum absolute atomic E-state index is 13.0. The molecule has 1 saturated heterocycles. The van der Waals surface area contributed by atoms with Crippen molar-refractivity contribution >= 4 is 11.8 Å². The second-order valence-corrected chi connectivity index (χ2v) is 9.08. The molecule has 0 radical (unpaired) electrons. The number of aliphatic hydroxyl groups is 3. The predicted molar refractivity (Wildman–Crippen MR) is 116 cm³/mol. The average Bonchev–Trinajstić information content (AvgIpc) is 2.73. The van der Waals surface area contributed by atoms with Crippen LogP contribution in [0.5, 0.6) is 0 Å². The summed E-state index contributed by atoms with van der Waals surface area (Å²) in [6.45, 7) is 16.1. The number of hydrogen-bond acceptors (Lipinski definition) is 6. The number of hydrogen-bond donors (Lipinski definition) is 3. The number of cyclic esters (lactones) is 1. The van der Waals surface area contributed by atoms with Gasteiger partial charge in [-0.05, 0) is 32.1 Å². The van der Waals surface area contributed by atoms with E-state index in [2.05, 4.69) is 13.2 Å². The first-order valence-electron chi connectivity index (χ1n) is 11.0. The summed E-state index contributed by atoms with van der Waals surface area (Å²) in [5.41, 5.74) is 0. The van der Waals surface area contributed by atoms with E-state index < -0.39 is 54.1 Å². The fraction of sp³-hybridized carbons (Fsp3) is 0.750. The molecule has 1 heterocycles. The number of ether oxygens (including phenoxy) is 1. The largest absolute Gasteiger partial charge is 0.461 e. The zero-order valence-corrected chi connectivity index (χ0v) is 19.0.